The van der Waals surface area contributed by atoms with Gasteiger partial charge >= 0.3 is 0 Å². The molecule has 0 N–H and O–H groups in total. The van der Waals surface area contributed by atoms with Gasteiger partial charge in [-0.25, -0.2) is 0 Å². The van der Waals surface area contributed by atoms with Crippen molar-refractivity contribution in [3.05, 3.63) is 188 Å². The third-order valence-corrected chi connectivity index (χ3v) is 12.6. The Labute approximate surface area is 337 Å². The van der Waals surface area contributed by atoms with Crippen molar-refractivity contribution in [3.63, 3.8) is 0 Å². The van der Waals surface area contributed by atoms with E-state index in [2.05, 4.69) is 212 Å². The summed E-state index contributed by atoms with van der Waals surface area (Å²) in [4.78, 5) is 0. The number of benzene rings is 8. The van der Waals surface area contributed by atoms with Gasteiger partial charge in [0.25, 0.3) is 0 Å². The summed E-state index contributed by atoms with van der Waals surface area (Å²) in [5.74, 6) is 0. The molecule has 0 saturated carbocycles. The molecule has 0 radical (unpaired) electrons. The van der Waals surface area contributed by atoms with Gasteiger partial charge in [-0.2, -0.15) is 0 Å². The van der Waals surface area contributed by atoms with Crippen LogP contribution < -0.4 is 0 Å². The van der Waals surface area contributed by atoms with Crippen LogP contribution in [0.2, 0.25) is 0 Å². The Morgan fingerprint density at radius 2 is 0.811 bits per heavy atom. The second kappa shape index (κ2) is 14.5. The normalized spacial score (nSPS) is 11.3. The van der Waals surface area contributed by atoms with Crippen molar-refractivity contribution in [1.82, 2.24) is 0 Å². The first-order chi connectivity index (χ1) is 26.0. The lowest BCUT2D eigenvalue weighted by Crippen LogP contribution is -1.81. The molecule has 0 aliphatic heterocycles. The topological polar surface area (TPSA) is 26.3 Å². The maximum Gasteiger partial charge on any atom is 0.149 e. The number of rotatable bonds is 4. The predicted molar refractivity (Wildman–Crippen MR) is 237 cm³/mol. The van der Waals surface area contributed by atoms with Gasteiger partial charge in [0.2, 0.25) is 0 Å². The van der Waals surface area contributed by atoms with Gasteiger partial charge < -0.3 is 8.83 Å². The first-order valence-corrected chi connectivity index (χ1v) is 19.9. The molecule has 2 aromatic heterocycles. The molecular weight excluding hydrogens is 895 g/mol. The van der Waals surface area contributed by atoms with E-state index in [0.29, 0.717) is 0 Å². The molecule has 0 bridgehead atoms. The molecule has 0 saturated heterocycles. The molecule has 0 spiro atoms. The molecule has 254 valence electrons. The fraction of sp³-hybridized carbons (Fsp3) is 0. The minimum Gasteiger partial charge on any atom is -0.455 e. The fourth-order valence-corrected chi connectivity index (χ4v) is 8.21. The zero-order valence-corrected chi connectivity index (χ0v) is 33.5. The Morgan fingerprint density at radius 3 is 1.38 bits per heavy atom. The van der Waals surface area contributed by atoms with Crippen molar-refractivity contribution >= 4 is 98.3 Å². The Balaban J connectivity index is 0.000000141. The number of fused-ring (bicyclic) bond motifs is 6. The summed E-state index contributed by atoms with van der Waals surface area (Å²) in [5, 5.41) is 4.60. The molecule has 0 aliphatic rings. The van der Waals surface area contributed by atoms with Crippen LogP contribution in [0, 0.1) is 3.57 Å². The molecule has 2 heterocycles. The molecule has 2 nitrogen and oxygen atoms in total. The minimum absolute atomic E-state index is 0.905. The van der Waals surface area contributed by atoms with Gasteiger partial charge in [-0.1, -0.05) is 162 Å². The van der Waals surface area contributed by atoms with Crippen LogP contribution in [0.5, 0.6) is 0 Å². The highest BCUT2D eigenvalue weighted by Gasteiger charge is 2.16. The van der Waals surface area contributed by atoms with Gasteiger partial charge in [-0.3, -0.25) is 0 Å². The van der Waals surface area contributed by atoms with Crippen LogP contribution in [0.15, 0.2) is 194 Å². The lowest BCUT2D eigenvalue weighted by Gasteiger charge is -2.05. The van der Waals surface area contributed by atoms with E-state index in [0.717, 1.165) is 78.6 Å². The second-order valence-electron chi connectivity index (χ2n) is 12.8. The molecule has 8 aromatic carbocycles. The van der Waals surface area contributed by atoms with Gasteiger partial charge in [-0.05, 0) is 102 Å². The molecule has 0 atom stereocenters. The van der Waals surface area contributed by atoms with Crippen molar-refractivity contribution in [2.75, 3.05) is 0 Å². The van der Waals surface area contributed by atoms with Crippen LogP contribution in [0.4, 0.5) is 0 Å². The third kappa shape index (κ3) is 6.52. The van der Waals surface area contributed by atoms with Crippen LogP contribution >= 0.6 is 54.5 Å². The lowest BCUT2D eigenvalue weighted by molar-refractivity contribution is 0.667. The average Bonchev–Trinajstić information content (AvgIpc) is 3.79. The fourth-order valence-electron chi connectivity index (χ4n) is 6.98. The van der Waals surface area contributed by atoms with Crippen molar-refractivity contribution in [3.8, 4) is 44.5 Å². The molecule has 0 amide bonds. The number of hydrogen-bond donors (Lipinski definition) is 0. The van der Waals surface area contributed by atoms with E-state index in [9.17, 15) is 0 Å². The summed E-state index contributed by atoms with van der Waals surface area (Å²) >= 11 is 9.46. The molecular formula is C48H29Br2IO2. The third-order valence-electron chi connectivity index (χ3n) is 9.63. The van der Waals surface area contributed by atoms with Crippen LogP contribution in [0.1, 0.15) is 0 Å². The largest absolute Gasteiger partial charge is 0.455 e. The highest BCUT2D eigenvalue weighted by molar-refractivity contribution is 14.1. The monoisotopic (exact) mass is 922 g/mol. The van der Waals surface area contributed by atoms with Crippen LogP contribution in [0.25, 0.3) is 88.4 Å². The summed E-state index contributed by atoms with van der Waals surface area (Å²) in [5.41, 5.74) is 13.2. The van der Waals surface area contributed by atoms with Gasteiger partial charge in [0.1, 0.15) is 22.3 Å². The van der Waals surface area contributed by atoms with E-state index < -0.39 is 0 Å². The van der Waals surface area contributed by atoms with Crippen LogP contribution in [-0.4, -0.2) is 0 Å². The van der Waals surface area contributed by atoms with E-state index in [1.54, 1.807) is 0 Å². The van der Waals surface area contributed by atoms with E-state index in [1.807, 2.05) is 18.2 Å². The smallest absolute Gasteiger partial charge is 0.149 e. The Kier molecular flexibility index (Phi) is 9.24. The molecule has 5 heteroatoms. The van der Waals surface area contributed by atoms with Crippen molar-refractivity contribution < 1.29 is 8.83 Å². The average molecular weight is 924 g/mol. The zero-order chi connectivity index (χ0) is 35.9. The number of para-hydroxylation sites is 2. The molecule has 0 unspecified atom stereocenters. The molecule has 0 aliphatic carbocycles. The predicted octanol–water partition coefficient (Wildman–Crippen LogP) is 16.0. The zero-order valence-electron chi connectivity index (χ0n) is 28.2. The first-order valence-electron chi connectivity index (χ1n) is 17.2. The standard InChI is InChI=1S/C24H14BrIO.C24H15BrO/c25-21-14-13-20-19-8-4-7-18(23(19)27-24(20)22(21)26)17-11-9-16(10-12-17)15-5-2-1-3-6-15;25-19-13-14-21-22-8-4-7-20(24(22)26-23(21)15-19)18-11-9-17(10-12-18)16-5-2-1-3-6-16/h1-14H;1-15H. The Bertz CT molecular complexity index is 2890. The van der Waals surface area contributed by atoms with Crippen molar-refractivity contribution in [2.24, 2.45) is 0 Å². The van der Waals surface area contributed by atoms with Gasteiger partial charge in [0, 0.05) is 41.6 Å². The van der Waals surface area contributed by atoms with Crippen molar-refractivity contribution in [1.29, 1.82) is 0 Å². The number of hydrogen-bond acceptors (Lipinski definition) is 2. The Morgan fingerprint density at radius 1 is 0.358 bits per heavy atom. The highest BCUT2D eigenvalue weighted by atomic mass is 127. The maximum absolute atomic E-state index is 6.33. The number of halogens is 3. The molecule has 53 heavy (non-hydrogen) atoms. The van der Waals surface area contributed by atoms with E-state index in [4.69, 9.17) is 8.83 Å². The van der Waals surface area contributed by atoms with Gasteiger partial charge in [-0.15, -0.1) is 0 Å². The van der Waals surface area contributed by atoms with E-state index in [1.165, 1.54) is 22.3 Å². The van der Waals surface area contributed by atoms with Crippen LogP contribution in [0.3, 0.4) is 0 Å². The molecule has 10 aromatic rings. The van der Waals surface area contributed by atoms with Gasteiger partial charge in [0.15, 0.2) is 0 Å². The highest BCUT2D eigenvalue weighted by Crippen LogP contribution is 2.40. The minimum atomic E-state index is 0.905. The second-order valence-corrected chi connectivity index (χ2v) is 15.7. The van der Waals surface area contributed by atoms with Gasteiger partial charge in [0.05, 0.1) is 3.57 Å². The molecule has 10 rings (SSSR count). The van der Waals surface area contributed by atoms with Crippen molar-refractivity contribution in [2.45, 2.75) is 0 Å². The maximum atomic E-state index is 6.33. The quantitative estimate of drug-likeness (QED) is 0.164. The summed E-state index contributed by atoms with van der Waals surface area (Å²) in [6.45, 7) is 0. The summed E-state index contributed by atoms with van der Waals surface area (Å²) in [6, 6.07) is 61.3. The summed E-state index contributed by atoms with van der Waals surface area (Å²) < 4.78 is 15.7. The summed E-state index contributed by atoms with van der Waals surface area (Å²) in [6.07, 6.45) is 0. The summed E-state index contributed by atoms with van der Waals surface area (Å²) in [7, 11) is 0. The van der Waals surface area contributed by atoms with Crippen LogP contribution in [-0.2, 0) is 0 Å². The Hall–Kier alpha value is -4.95. The van der Waals surface area contributed by atoms with E-state index in [-0.39, 0.29) is 0 Å². The molecule has 0 fully saturated rings. The SMILES string of the molecule is Brc1ccc2c(c1)oc1c(-c3ccc(-c4ccccc4)cc3)cccc12.Brc1ccc2c(oc3c(-c4ccc(-c5ccccc5)cc4)cccc32)c1I. The lowest BCUT2D eigenvalue weighted by atomic mass is 9.99. The van der Waals surface area contributed by atoms with E-state index >= 15 is 0 Å². The first kappa shape index (κ1) is 33.9. The number of furan rings is 2.